The Bertz CT molecular complexity index is 293. The van der Waals surface area contributed by atoms with Gasteiger partial charge in [-0.15, -0.1) is 0 Å². The maximum absolute atomic E-state index is 11.9. The number of hydrogen-bond donors (Lipinski definition) is 1. The van der Waals surface area contributed by atoms with Gasteiger partial charge in [0.25, 0.3) is 0 Å². The van der Waals surface area contributed by atoms with Crippen molar-refractivity contribution in [1.82, 2.24) is 9.62 Å². The molecule has 16 heavy (non-hydrogen) atoms. The molecule has 4 nitrogen and oxygen atoms in total. The molecule has 0 aromatic carbocycles. The first-order chi connectivity index (χ1) is 7.47. The molecule has 0 bridgehead atoms. The van der Waals surface area contributed by atoms with Gasteiger partial charge in [0.1, 0.15) is 0 Å². The Morgan fingerprint density at radius 1 is 1.31 bits per heavy atom. The first-order valence-corrected chi connectivity index (χ1v) is 7.70. The maximum atomic E-state index is 11.9. The highest BCUT2D eigenvalue weighted by molar-refractivity contribution is 7.89. The van der Waals surface area contributed by atoms with Crippen LogP contribution < -0.4 is 5.32 Å². The summed E-state index contributed by atoms with van der Waals surface area (Å²) in [5, 5.41) is 2.88. The van der Waals surface area contributed by atoms with E-state index in [0.29, 0.717) is 31.5 Å². The molecule has 1 aliphatic rings. The molecule has 0 aliphatic carbocycles. The van der Waals surface area contributed by atoms with Gasteiger partial charge in [0.2, 0.25) is 10.0 Å². The smallest absolute Gasteiger partial charge is 0.215 e. The lowest BCUT2D eigenvalue weighted by Crippen LogP contribution is -2.42. The summed E-state index contributed by atoms with van der Waals surface area (Å²) in [6.07, 6.45) is 2.02. The number of piperidine rings is 1. The monoisotopic (exact) mass is 248 g/mol. The van der Waals surface area contributed by atoms with Crippen molar-refractivity contribution in [3.8, 4) is 0 Å². The zero-order valence-electron chi connectivity index (χ0n) is 10.6. The van der Waals surface area contributed by atoms with E-state index >= 15 is 0 Å². The normalized spacial score (nSPS) is 20.5. The lowest BCUT2D eigenvalue weighted by molar-refractivity contribution is 0.226. The first-order valence-electron chi connectivity index (χ1n) is 6.10. The van der Waals surface area contributed by atoms with Crippen LogP contribution in [0.15, 0.2) is 0 Å². The van der Waals surface area contributed by atoms with Gasteiger partial charge >= 0.3 is 0 Å². The maximum Gasteiger partial charge on any atom is 0.215 e. The Balaban J connectivity index is 2.47. The van der Waals surface area contributed by atoms with Crippen molar-refractivity contribution in [1.29, 1.82) is 0 Å². The van der Waals surface area contributed by atoms with Crippen molar-refractivity contribution in [2.75, 3.05) is 32.4 Å². The molecule has 0 atom stereocenters. The highest BCUT2D eigenvalue weighted by atomic mass is 32.2. The molecular weight excluding hydrogens is 224 g/mol. The van der Waals surface area contributed by atoms with Gasteiger partial charge in [0, 0.05) is 19.6 Å². The van der Waals surface area contributed by atoms with E-state index in [2.05, 4.69) is 19.2 Å². The van der Waals surface area contributed by atoms with E-state index in [1.54, 1.807) is 11.4 Å². The molecule has 1 saturated heterocycles. The van der Waals surface area contributed by atoms with Gasteiger partial charge in [-0.1, -0.05) is 13.8 Å². The summed E-state index contributed by atoms with van der Waals surface area (Å²) >= 11 is 0. The third-order valence-corrected chi connectivity index (χ3v) is 5.32. The number of nitrogens with zero attached hydrogens (tertiary/aromatic N) is 1. The van der Waals surface area contributed by atoms with Crippen LogP contribution >= 0.6 is 0 Å². The molecule has 0 spiro atoms. The van der Waals surface area contributed by atoms with Gasteiger partial charge in [-0.3, -0.25) is 0 Å². The van der Waals surface area contributed by atoms with Crippen molar-refractivity contribution < 1.29 is 8.42 Å². The van der Waals surface area contributed by atoms with Gasteiger partial charge in [-0.25, -0.2) is 12.7 Å². The second-order valence-electron chi connectivity index (χ2n) is 4.90. The predicted molar refractivity (Wildman–Crippen MR) is 66.8 cm³/mol. The third kappa shape index (κ3) is 3.71. The van der Waals surface area contributed by atoms with E-state index in [0.717, 1.165) is 12.8 Å². The van der Waals surface area contributed by atoms with E-state index in [9.17, 15) is 8.42 Å². The summed E-state index contributed by atoms with van der Waals surface area (Å²) in [7, 11) is -1.25. The highest BCUT2D eigenvalue weighted by Crippen LogP contribution is 2.25. The lowest BCUT2D eigenvalue weighted by Gasteiger charge is -2.33. The molecule has 0 radical (unpaired) electrons. The molecule has 1 N–H and O–H groups in total. The van der Waals surface area contributed by atoms with Gasteiger partial charge < -0.3 is 5.32 Å². The summed E-state index contributed by atoms with van der Waals surface area (Å²) in [4.78, 5) is 0. The minimum atomic E-state index is -3.02. The van der Waals surface area contributed by atoms with E-state index in [4.69, 9.17) is 0 Å². The lowest BCUT2D eigenvalue weighted by atomic mass is 9.87. The highest BCUT2D eigenvalue weighted by Gasteiger charge is 2.28. The van der Waals surface area contributed by atoms with Crippen LogP contribution in [0.4, 0.5) is 0 Å². The number of rotatable bonds is 5. The average molecular weight is 248 g/mol. The Kier molecular flexibility index (Phi) is 5.21. The molecule has 0 aromatic rings. The molecular formula is C11H24N2O2S. The van der Waals surface area contributed by atoms with Crippen molar-refractivity contribution in [3.63, 3.8) is 0 Å². The van der Waals surface area contributed by atoms with E-state index in [1.807, 2.05) is 0 Å². The summed E-state index contributed by atoms with van der Waals surface area (Å²) in [6, 6.07) is 0. The van der Waals surface area contributed by atoms with Crippen molar-refractivity contribution >= 4 is 10.0 Å². The fraction of sp³-hybridized carbons (Fsp3) is 1.00. The van der Waals surface area contributed by atoms with Crippen LogP contribution in [-0.2, 0) is 10.0 Å². The standard InChI is InChI=1S/C11H24N2O2S/c1-10(2)11-4-7-13(8-5-11)16(14,15)9-6-12-3/h10-12H,4-9H2,1-3H3. The molecule has 1 aliphatic heterocycles. The molecule has 1 fully saturated rings. The van der Waals surface area contributed by atoms with Crippen LogP contribution in [0.3, 0.4) is 0 Å². The summed E-state index contributed by atoms with van der Waals surface area (Å²) in [5.74, 6) is 1.58. The molecule has 0 saturated carbocycles. The van der Waals surface area contributed by atoms with Crippen LogP contribution in [0.1, 0.15) is 26.7 Å². The van der Waals surface area contributed by atoms with Crippen LogP contribution in [0.2, 0.25) is 0 Å². The second kappa shape index (κ2) is 5.98. The fourth-order valence-electron chi connectivity index (χ4n) is 2.18. The van der Waals surface area contributed by atoms with Gasteiger partial charge in [-0.05, 0) is 31.7 Å². The molecule has 1 rings (SSSR count). The summed E-state index contributed by atoms with van der Waals surface area (Å²) in [6.45, 7) is 6.38. The molecule has 0 aromatic heterocycles. The molecule has 5 heteroatoms. The molecule has 0 unspecified atom stereocenters. The van der Waals surface area contributed by atoms with Crippen LogP contribution in [0.5, 0.6) is 0 Å². The predicted octanol–water partition coefficient (Wildman–Crippen LogP) is 0.904. The van der Waals surface area contributed by atoms with Crippen LogP contribution in [0.25, 0.3) is 0 Å². The second-order valence-corrected chi connectivity index (χ2v) is 6.99. The summed E-state index contributed by atoms with van der Waals surface area (Å²) in [5.41, 5.74) is 0. The minimum absolute atomic E-state index is 0.218. The van der Waals surface area contributed by atoms with Gasteiger partial charge in [0.15, 0.2) is 0 Å². The van der Waals surface area contributed by atoms with Crippen molar-refractivity contribution in [2.24, 2.45) is 11.8 Å². The van der Waals surface area contributed by atoms with E-state index < -0.39 is 10.0 Å². The molecule has 1 heterocycles. The zero-order valence-corrected chi connectivity index (χ0v) is 11.4. The van der Waals surface area contributed by atoms with Crippen LogP contribution in [-0.4, -0.2) is 45.2 Å². The molecule has 0 amide bonds. The van der Waals surface area contributed by atoms with Gasteiger partial charge in [0.05, 0.1) is 5.75 Å². The number of hydrogen-bond acceptors (Lipinski definition) is 3. The SMILES string of the molecule is CNCCS(=O)(=O)N1CCC(C(C)C)CC1. The summed E-state index contributed by atoms with van der Waals surface area (Å²) < 4.78 is 25.5. The van der Waals surface area contributed by atoms with Gasteiger partial charge in [-0.2, -0.15) is 0 Å². The minimum Gasteiger partial charge on any atom is -0.319 e. The largest absolute Gasteiger partial charge is 0.319 e. The Hall–Kier alpha value is -0.130. The molecule has 96 valence electrons. The van der Waals surface area contributed by atoms with E-state index in [1.165, 1.54) is 0 Å². The Morgan fingerprint density at radius 2 is 1.88 bits per heavy atom. The van der Waals surface area contributed by atoms with Crippen molar-refractivity contribution in [2.45, 2.75) is 26.7 Å². The topological polar surface area (TPSA) is 49.4 Å². The number of nitrogens with one attached hydrogen (secondary N) is 1. The van der Waals surface area contributed by atoms with E-state index in [-0.39, 0.29) is 5.75 Å². The van der Waals surface area contributed by atoms with Crippen LogP contribution in [0, 0.1) is 11.8 Å². The first kappa shape index (κ1) is 13.9. The Labute approximate surface area is 99.5 Å². The quantitative estimate of drug-likeness (QED) is 0.786. The average Bonchev–Trinajstić information content (AvgIpc) is 2.26. The fourth-order valence-corrected chi connectivity index (χ4v) is 3.67. The Morgan fingerprint density at radius 3 is 2.31 bits per heavy atom. The third-order valence-electron chi connectivity index (χ3n) is 3.44. The number of sulfonamides is 1. The zero-order chi connectivity index (χ0) is 12.2. The van der Waals surface area contributed by atoms with Crippen molar-refractivity contribution in [3.05, 3.63) is 0 Å².